The number of rotatable bonds is 6. The second kappa shape index (κ2) is 6.70. The Balaban J connectivity index is 2.97. The number of anilines is 1. The summed E-state index contributed by atoms with van der Waals surface area (Å²) in [6, 6.07) is 3.40. The Morgan fingerprint density at radius 2 is 1.84 bits per heavy atom. The Labute approximate surface area is 108 Å². The van der Waals surface area contributed by atoms with Crippen LogP contribution in [0.15, 0.2) is 55.3 Å². The van der Waals surface area contributed by atoms with Gasteiger partial charge in [-0.3, -0.25) is 20.2 Å². The van der Waals surface area contributed by atoms with E-state index in [2.05, 4.69) is 11.9 Å². The second-order valence-electron chi connectivity index (χ2n) is 3.34. The van der Waals surface area contributed by atoms with E-state index in [1.54, 1.807) is 24.3 Å². The molecule has 0 saturated carbocycles. The Hall–Kier alpha value is -2.96. The molecule has 0 aromatic heterocycles. The molecule has 7 heteroatoms. The summed E-state index contributed by atoms with van der Waals surface area (Å²) in [4.78, 5) is 20.0. The molecule has 0 radical (unpaired) electrons. The number of benzene rings is 1. The van der Waals surface area contributed by atoms with Crippen molar-refractivity contribution in [2.24, 2.45) is 0 Å². The number of nitrogens with zero attached hydrogens (tertiary/aromatic N) is 2. The van der Waals surface area contributed by atoms with Crippen LogP contribution in [-0.2, 0) is 0 Å². The van der Waals surface area contributed by atoms with Crippen LogP contribution < -0.4 is 5.32 Å². The molecule has 0 aliphatic rings. The quantitative estimate of drug-likeness (QED) is 0.481. The van der Waals surface area contributed by atoms with Gasteiger partial charge in [-0.25, -0.2) is 0 Å². The Bertz CT molecular complexity index is 564. The van der Waals surface area contributed by atoms with Crippen molar-refractivity contribution in [2.75, 3.05) is 5.32 Å². The lowest BCUT2D eigenvalue weighted by Gasteiger charge is -2.01. The molecule has 0 fully saturated rings. The first-order valence-electron chi connectivity index (χ1n) is 5.20. The summed E-state index contributed by atoms with van der Waals surface area (Å²) in [6.45, 7) is 3.49. The third-order valence-electron chi connectivity index (χ3n) is 2.08. The van der Waals surface area contributed by atoms with Crippen molar-refractivity contribution in [1.29, 1.82) is 0 Å². The molecule has 0 unspecified atom stereocenters. The van der Waals surface area contributed by atoms with E-state index in [9.17, 15) is 20.2 Å². The van der Waals surface area contributed by atoms with Crippen molar-refractivity contribution in [2.45, 2.75) is 0 Å². The first kappa shape index (κ1) is 14.1. The van der Waals surface area contributed by atoms with Crippen LogP contribution >= 0.6 is 0 Å². The summed E-state index contributed by atoms with van der Waals surface area (Å²) in [5.41, 5.74) is -0.502. The number of allylic oxidation sites excluding steroid dienone is 4. The maximum absolute atomic E-state index is 10.8. The van der Waals surface area contributed by atoms with E-state index in [4.69, 9.17) is 0 Å². The average molecular weight is 261 g/mol. The molecule has 7 nitrogen and oxygen atoms in total. The van der Waals surface area contributed by atoms with E-state index in [0.717, 1.165) is 6.07 Å². The lowest BCUT2D eigenvalue weighted by Crippen LogP contribution is -1.97. The fourth-order valence-electron chi connectivity index (χ4n) is 1.24. The number of nitrogens with one attached hydrogen (secondary N) is 1. The topological polar surface area (TPSA) is 98.3 Å². The molecular formula is C12H11N3O4. The lowest BCUT2D eigenvalue weighted by molar-refractivity contribution is -0.393. The SMILES string of the molecule is C=C/C=C\C=C/Nc1ccc([N+](=O)[O-])cc1[N+](=O)[O-]. The maximum atomic E-state index is 10.8. The molecule has 1 aromatic rings. The van der Waals surface area contributed by atoms with E-state index in [-0.39, 0.29) is 17.1 Å². The fraction of sp³-hybridized carbons (Fsp3) is 0. The van der Waals surface area contributed by atoms with Gasteiger partial charge in [0.15, 0.2) is 0 Å². The van der Waals surface area contributed by atoms with Gasteiger partial charge in [0.05, 0.1) is 15.9 Å². The molecule has 0 atom stereocenters. The molecule has 98 valence electrons. The minimum Gasteiger partial charge on any atom is -0.356 e. The molecule has 1 aromatic carbocycles. The van der Waals surface area contributed by atoms with E-state index in [1.807, 2.05) is 0 Å². The molecule has 0 heterocycles. The van der Waals surface area contributed by atoms with Crippen LogP contribution in [0.3, 0.4) is 0 Å². The summed E-state index contributed by atoms with van der Waals surface area (Å²) >= 11 is 0. The normalized spacial score (nSPS) is 10.7. The van der Waals surface area contributed by atoms with Gasteiger partial charge in [-0.1, -0.05) is 24.8 Å². The second-order valence-corrected chi connectivity index (χ2v) is 3.34. The average Bonchev–Trinajstić information content (AvgIpc) is 2.38. The number of nitro groups is 2. The van der Waals surface area contributed by atoms with Gasteiger partial charge in [0.1, 0.15) is 5.69 Å². The number of hydrogen-bond donors (Lipinski definition) is 1. The van der Waals surface area contributed by atoms with Crippen LogP contribution in [0.1, 0.15) is 0 Å². The fourth-order valence-corrected chi connectivity index (χ4v) is 1.24. The predicted octanol–water partition coefficient (Wildman–Crippen LogP) is 3.17. The number of nitro benzene ring substituents is 2. The first-order chi connectivity index (χ1) is 9.06. The van der Waals surface area contributed by atoms with Gasteiger partial charge in [0.2, 0.25) is 0 Å². The van der Waals surface area contributed by atoms with Crippen LogP contribution in [0, 0.1) is 20.2 Å². The van der Waals surface area contributed by atoms with Crippen LogP contribution in [0.5, 0.6) is 0 Å². The number of hydrogen-bond acceptors (Lipinski definition) is 5. The van der Waals surface area contributed by atoms with E-state index >= 15 is 0 Å². The van der Waals surface area contributed by atoms with Gasteiger partial charge in [0.25, 0.3) is 11.4 Å². The third-order valence-corrected chi connectivity index (χ3v) is 2.08. The van der Waals surface area contributed by atoms with Crippen LogP contribution in [0.4, 0.5) is 17.1 Å². The molecular weight excluding hydrogens is 250 g/mol. The zero-order chi connectivity index (χ0) is 14.3. The molecule has 0 aliphatic carbocycles. The van der Waals surface area contributed by atoms with Gasteiger partial charge < -0.3 is 5.32 Å². The molecule has 1 rings (SSSR count). The largest absolute Gasteiger partial charge is 0.356 e. The number of non-ortho nitro benzene ring substituents is 1. The van der Waals surface area contributed by atoms with Gasteiger partial charge in [-0.15, -0.1) is 0 Å². The zero-order valence-electron chi connectivity index (χ0n) is 9.85. The van der Waals surface area contributed by atoms with E-state index in [1.165, 1.54) is 18.3 Å². The minimum absolute atomic E-state index is 0.179. The summed E-state index contributed by atoms with van der Waals surface area (Å²) in [6.07, 6.45) is 8.04. The standard InChI is InChI=1S/C12H11N3O4/c1-2-3-4-5-8-13-11-7-6-10(14(16)17)9-12(11)15(18)19/h2-9,13H,1H2/b4-3-,8-5-. The van der Waals surface area contributed by atoms with Crippen molar-refractivity contribution < 1.29 is 9.85 Å². The summed E-state index contributed by atoms with van der Waals surface area (Å²) in [5, 5.41) is 24.1. The molecule has 1 N–H and O–H groups in total. The molecule has 0 aliphatic heterocycles. The monoisotopic (exact) mass is 261 g/mol. The van der Waals surface area contributed by atoms with Crippen LogP contribution in [0.25, 0.3) is 0 Å². The Morgan fingerprint density at radius 3 is 2.42 bits per heavy atom. The highest BCUT2D eigenvalue weighted by Gasteiger charge is 2.18. The highest BCUT2D eigenvalue weighted by atomic mass is 16.6. The van der Waals surface area contributed by atoms with E-state index < -0.39 is 9.85 Å². The zero-order valence-corrected chi connectivity index (χ0v) is 9.85. The Kier molecular flexibility index (Phi) is 4.97. The molecule has 0 amide bonds. The minimum atomic E-state index is -0.681. The molecule has 0 saturated heterocycles. The third kappa shape index (κ3) is 4.08. The smallest absolute Gasteiger partial charge is 0.299 e. The van der Waals surface area contributed by atoms with Gasteiger partial charge >= 0.3 is 0 Å². The summed E-state index contributed by atoms with van der Waals surface area (Å²) in [7, 11) is 0. The highest BCUT2D eigenvalue weighted by molar-refractivity contribution is 5.66. The molecule has 19 heavy (non-hydrogen) atoms. The summed E-state index contributed by atoms with van der Waals surface area (Å²) in [5.74, 6) is 0. The van der Waals surface area contributed by atoms with Crippen molar-refractivity contribution in [1.82, 2.24) is 0 Å². The van der Waals surface area contributed by atoms with Crippen molar-refractivity contribution in [3.8, 4) is 0 Å². The molecule has 0 bridgehead atoms. The lowest BCUT2D eigenvalue weighted by atomic mass is 10.2. The van der Waals surface area contributed by atoms with Crippen molar-refractivity contribution in [3.63, 3.8) is 0 Å². The highest BCUT2D eigenvalue weighted by Crippen LogP contribution is 2.28. The molecule has 0 spiro atoms. The van der Waals surface area contributed by atoms with E-state index in [0.29, 0.717) is 0 Å². The first-order valence-corrected chi connectivity index (χ1v) is 5.20. The van der Waals surface area contributed by atoms with Crippen molar-refractivity contribution >= 4 is 17.1 Å². The summed E-state index contributed by atoms with van der Waals surface area (Å²) < 4.78 is 0. The maximum Gasteiger partial charge on any atom is 0.299 e. The van der Waals surface area contributed by atoms with Crippen molar-refractivity contribution in [3.05, 3.63) is 75.5 Å². The predicted molar refractivity (Wildman–Crippen MR) is 71.9 cm³/mol. The van der Waals surface area contributed by atoms with Crippen LogP contribution in [0.2, 0.25) is 0 Å². The Morgan fingerprint density at radius 1 is 1.11 bits per heavy atom. The van der Waals surface area contributed by atoms with Gasteiger partial charge in [-0.2, -0.15) is 0 Å². The van der Waals surface area contributed by atoms with Gasteiger partial charge in [-0.05, 0) is 12.1 Å². The van der Waals surface area contributed by atoms with Crippen LogP contribution in [-0.4, -0.2) is 9.85 Å². The van der Waals surface area contributed by atoms with Gasteiger partial charge in [0, 0.05) is 12.3 Å².